The van der Waals surface area contributed by atoms with Crippen molar-refractivity contribution in [1.29, 1.82) is 0 Å². The number of hydrogen-bond donors (Lipinski definition) is 0. The molecule has 0 bridgehead atoms. The standard InChI is InChI=1S/C27H23OP/c28-27(22-13-5-1-6-14-22)26-21-29(26,23-15-7-2-8-16-23,24-17-9-3-10-18-24)25-19-11-4-12-20-25/h1-20,26H,21H2. The van der Waals surface area contributed by atoms with Gasteiger partial charge in [-0.1, -0.05) is 0 Å². The molecule has 0 spiro atoms. The first-order valence-electron chi connectivity index (χ1n) is 10.0. The molecule has 29 heavy (non-hydrogen) atoms. The molecule has 0 saturated carbocycles. The fourth-order valence-corrected chi connectivity index (χ4v) is 12.4. The van der Waals surface area contributed by atoms with Crippen LogP contribution in [0.4, 0.5) is 0 Å². The average Bonchev–Trinajstić information content (AvgIpc) is 3.54. The summed E-state index contributed by atoms with van der Waals surface area (Å²) in [6, 6.07) is 42.0. The summed E-state index contributed by atoms with van der Waals surface area (Å²) in [5, 5.41) is 3.93. The number of carbonyl (C=O) groups excluding carboxylic acids is 1. The number of hydrogen-bond acceptors (Lipinski definition) is 1. The summed E-state index contributed by atoms with van der Waals surface area (Å²) in [6.07, 6.45) is 0.900. The van der Waals surface area contributed by atoms with E-state index in [0.29, 0.717) is 0 Å². The maximum atomic E-state index is 13.8. The van der Waals surface area contributed by atoms with E-state index in [-0.39, 0.29) is 11.4 Å². The van der Waals surface area contributed by atoms with Crippen molar-refractivity contribution >= 4 is 28.3 Å². The third-order valence-corrected chi connectivity index (χ3v) is 13.4. The topological polar surface area (TPSA) is 17.1 Å². The summed E-state index contributed by atoms with van der Waals surface area (Å²) in [7, 11) is 0. The Balaban J connectivity index is 1.82. The molecule has 0 aromatic heterocycles. The SMILES string of the molecule is O=C(c1ccccc1)C1CP1(c1ccccc1)(c1ccccc1)c1ccccc1. The molecule has 1 heterocycles. The Hall–Kier alpha value is -3.02. The van der Waals surface area contributed by atoms with Crippen LogP contribution in [0.25, 0.3) is 0 Å². The van der Waals surface area contributed by atoms with Gasteiger partial charge in [-0.3, -0.25) is 0 Å². The summed E-state index contributed by atoms with van der Waals surface area (Å²) >= 11 is 0. The van der Waals surface area contributed by atoms with Crippen molar-refractivity contribution in [2.24, 2.45) is 0 Å². The van der Waals surface area contributed by atoms with Crippen LogP contribution in [0.1, 0.15) is 10.4 Å². The Morgan fingerprint density at radius 1 is 0.552 bits per heavy atom. The van der Waals surface area contributed by atoms with Gasteiger partial charge in [0.25, 0.3) is 0 Å². The van der Waals surface area contributed by atoms with Crippen molar-refractivity contribution in [3.05, 3.63) is 127 Å². The van der Waals surface area contributed by atoms with Crippen molar-refractivity contribution in [2.75, 3.05) is 6.16 Å². The summed E-state index contributed by atoms with van der Waals surface area (Å²) in [5.41, 5.74) is 0.794. The van der Waals surface area contributed by atoms with Gasteiger partial charge in [-0.25, -0.2) is 0 Å². The van der Waals surface area contributed by atoms with Gasteiger partial charge in [0.15, 0.2) is 0 Å². The molecule has 0 aliphatic carbocycles. The predicted molar refractivity (Wildman–Crippen MR) is 125 cm³/mol. The molecule has 1 aliphatic heterocycles. The number of Topliss-reactive ketones (excluding diaryl/α,β-unsaturated/α-hetero) is 1. The molecular weight excluding hydrogens is 371 g/mol. The molecule has 142 valence electrons. The normalized spacial score (nSPS) is 20.1. The Bertz CT molecular complexity index is 1040. The minimum atomic E-state index is -2.87. The molecule has 0 amide bonds. The molecule has 2 heteroatoms. The molecule has 1 nitrogen and oxygen atoms in total. The monoisotopic (exact) mass is 394 g/mol. The van der Waals surface area contributed by atoms with Crippen LogP contribution in [0, 0.1) is 0 Å². The Labute approximate surface area is 172 Å². The van der Waals surface area contributed by atoms with Crippen LogP contribution >= 0.6 is 6.60 Å². The van der Waals surface area contributed by atoms with Crippen LogP contribution < -0.4 is 15.9 Å². The molecule has 4 aromatic carbocycles. The quantitative estimate of drug-likeness (QED) is 0.352. The number of ketones is 1. The third-order valence-electron chi connectivity index (χ3n) is 6.51. The average molecular weight is 394 g/mol. The van der Waals surface area contributed by atoms with E-state index < -0.39 is 6.60 Å². The van der Waals surface area contributed by atoms with Gasteiger partial charge in [-0.2, -0.15) is 0 Å². The summed E-state index contributed by atoms with van der Waals surface area (Å²) in [4.78, 5) is 13.8. The maximum absolute atomic E-state index is 13.8. The zero-order chi connectivity index (χ0) is 19.8. The molecule has 1 saturated heterocycles. The van der Waals surface area contributed by atoms with Crippen LogP contribution in [-0.4, -0.2) is 17.6 Å². The van der Waals surface area contributed by atoms with Gasteiger partial charge in [-0.15, -0.1) is 0 Å². The van der Waals surface area contributed by atoms with Crippen molar-refractivity contribution in [3.63, 3.8) is 0 Å². The van der Waals surface area contributed by atoms with E-state index in [1.165, 1.54) is 15.9 Å². The number of rotatable bonds is 5. The van der Waals surface area contributed by atoms with E-state index in [2.05, 4.69) is 91.0 Å². The van der Waals surface area contributed by atoms with E-state index in [1.807, 2.05) is 30.3 Å². The van der Waals surface area contributed by atoms with Crippen LogP contribution in [0.2, 0.25) is 0 Å². The Kier molecular flexibility index (Phi) is 4.23. The van der Waals surface area contributed by atoms with Crippen LogP contribution in [0.3, 0.4) is 0 Å². The van der Waals surface area contributed by atoms with Gasteiger partial charge in [-0.05, 0) is 0 Å². The molecule has 1 fully saturated rings. The van der Waals surface area contributed by atoms with Gasteiger partial charge in [0.2, 0.25) is 0 Å². The van der Waals surface area contributed by atoms with E-state index in [1.54, 1.807) is 0 Å². The molecule has 0 N–H and O–H groups in total. The third kappa shape index (κ3) is 2.48. The number of benzene rings is 4. The van der Waals surface area contributed by atoms with Crippen LogP contribution in [0.5, 0.6) is 0 Å². The van der Waals surface area contributed by atoms with E-state index in [0.717, 1.165) is 11.7 Å². The van der Waals surface area contributed by atoms with Crippen molar-refractivity contribution in [1.82, 2.24) is 0 Å². The fourth-order valence-electron chi connectivity index (χ4n) is 5.06. The second-order valence-corrected chi connectivity index (χ2v) is 13.1. The van der Waals surface area contributed by atoms with Crippen LogP contribution in [0.15, 0.2) is 121 Å². The van der Waals surface area contributed by atoms with E-state index >= 15 is 0 Å². The van der Waals surface area contributed by atoms with E-state index in [9.17, 15) is 4.79 Å². The molecule has 1 atom stereocenters. The van der Waals surface area contributed by atoms with Gasteiger partial charge in [0, 0.05) is 0 Å². The molecule has 0 radical (unpaired) electrons. The van der Waals surface area contributed by atoms with Crippen molar-refractivity contribution < 1.29 is 4.79 Å². The summed E-state index contributed by atoms with van der Waals surface area (Å²) < 4.78 is 0. The zero-order valence-electron chi connectivity index (χ0n) is 16.2. The first-order chi connectivity index (χ1) is 14.3. The first kappa shape index (κ1) is 18.0. The van der Waals surface area contributed by atoms with E-state index in [4.69, 9.17) is 0 Å². The van der Waals surface area contributed by atoms with Crippen molar-refractivity contribution in [2.45, 2.75) is 5.66 Å². The molecule has 4 aromatic rings. The Morgan fingerprint density at radius 3 is 1.28 bits per heavy atom. The second-order valence-electron chi connectivity index (χ2n) is 7.81. The molecule has 5 rings (SSSR count). The van der Waals surface area contributed by atoms with Gasteiger partial charge in [0.05, 0.1) is 0 Å². The van der Waals surface area contributed by atoms with Gasteiger partial charge in [0.1, 0.15) is 0 Å². The minimum absolute atomic E-state index is 0.0180. The molecular formula is C27H23OP. The predicted octanol–water partition coefficient (Wildman–Crippen LogP) is 4.78. The second kappa shape index (κ2) is 6.79. The fraction of sp³-hybridized carbons (Fsp3) is 0.0741. The number of carbonyl (C=O) groups is 1. The molecule has 1 unspecified atom stereocenters. The van der Waals surface area contributed by atoms with Crippen LogP contribution in [-0.2, 0) is 0 Å². The summed E-state index contributed by atoms with van der Waals surface area (Å²) in [6.45, 7) is -2.87. The van der Waals surface area contributed by atoms with Gasteiger partial charge < -0.3 is 0 Å². The molecule has 1 aliphatic rings. The first-order valence-corrected chi connectivity index (χ1v) is 12.5. The zero-order valence-corrected chi connectivity index (χ0v) is 17.1. The van der Waals surface area contributed by atoms with Gasteiger partial charge >= 0.3 is 172 Å². The Morgan fingerprint density at radius 2 is 0.897 bits per heavy atom. The summed E-state index contributed by atoms with van der Waals surface area (Å²) in [5.74, 6) is 0.264. The van der Waals surface area contributed by atoms with Crippen molar-refractivity contribution in [3.8, 4) is 0 Å².